The molecule has 0 bridgehead atoms. The standard InChI is InChI=1S/C20H25NO3/c1-6-14(2)15-7-10-17(11-8-15)21-13-16-9-12-18(22-3)20(24-5)19(16)23-4/h7-14H,6H2,1-5H3. The molecular weight excluding hydrogens is 302 g/mol. The molecule has 1 unspecified atom stereocenters. The molecule has 0 aromatic heterocycles. The van der Waals surface area contributed by atoms with E-state index in [1.807, 2.05) is 24.3 Å². The van der Waals surface area contributed by atoms with E-state index in [0.717, 1.165) is 17.7 Å². The van der Waals surface area contributed by atoms with Gasteiger partial charge in [0.25, 0.3) is 0 Å². The van der Waals surface area contributed by atoms with Gasteiger partial charge in [-0.3, -0.25) is 4.99 Å². The predicted octanol–water partition coefficient (Wildman–Crippen LogP) is 4.98. The molecule has 0 aliphatic carbocycles. The second kappa shape index (κ2) is 8.39. The summed E-state index contributed by atoms with van der Waals surface area (Å²) in [6.07, 6.45) is 2.91. The third-order valence-electron chi connectivity index (χ3n) is 4.16. The third-order valence-corrected chi connectivity index (χ3v) is 4.16. The fourth-order valence-electron chi connectivity index (χ4n) is 2.49. The SMILES string of the molecule is CCC(C)c1ccc(N=Cc2ccc(OC)c(OC)c2OC)cc1. The van der Waals surface area contributed by atoms with Gasteiger partial charge in [-0.25, -0.2) is 0 Å². The Morgan fingerprint density at radius 2 is 1.58 bits per heavy atom. The van der Waals surface area contributed by atoms with Gasteiger partial charge in [0.05, 0.1) is 27.0 Å². The molecule has 0 saturated carbocycles. The van der Waals surface area contributed by atoms with Crippen molar-refractivity contribution in [1.82, 2.24) is 0 Å². The lowest BCUT2D eigenvalue weighted by atomic mass is 9.99. The van der Waals surface area contributed by atoms with E-state index in [1.165, 1.54) is 5.56 Å². The molecule has 24 heavy (non-hydrogen) atoms. The first-order valence-electron chi connectivity index (χ1n) is 8.07. The zero-order valence-corrected chi connectivity index (χ0v) is 15.0. The van der Waals surface area contributed by atoms with Crippen molar-refractivity contribution in [2.24, 2.45) is 4.99 Å². The van der Waals surface area contributed by atoms with Crippen LogP contribution in [0.3, 0.4) is 0 Å². The molecule has 1 atom stereocenters. The van der Waals surface area contributed by atoms with Crippen LogP contribution in [0, 0.1) is 0 Å². The van der Waals surface area contributed by atoms with Crippen molar-refractivity contribution in [2.45, 2.75) is 26.2 Å². The first kappa shape index (κ1) is 17.9. The molecule has 0 fully saturated rings. The molecule has 0 N–H and O–H groups in total. The molecule has 2 aromatic rings. The van der Waals surface area contributed by atoms with Crippen molar-refractivity contribution in [1.29, 1.82) is 0 Å². The molecule has 0 saturated heterocycles. The number of aliphatic imine (C=N–C) groups is 1. The van der Waals surface area contributed by atoms with Gasteiger partial charge >= 0.3 is 0 Å². The Labute approximate surface area is 144 Å². The number of benzene rings is 2. The molecule has 0 aliphatic rings. The van der Waals surface area contributed by atoms with E-state index in [9.17, 15) is 0 Å². The highest BCUT2D eigenvalue weighted by Gasteiger charge is 2.14. The molecule has 4 nitrogen and oxygen atoms in total. The quantitative estimate of drug-likeness (QED) is 0.674. The third kappa shape index (κ3) is 3.88. The van der Waals surface area contributed by atoms with Crippen LogP contribution in [0.15, 0.2) is 41.4 Å². The molecular formula is C20H25NO3. The van der Waals surface area contributed by atoms with E-state index < -0.39 is 0 Å². The van der Waals surface area contributed by atoms with Crippen molar-refractivity contribution in [2.75, 3.05) is 21.3 Å². The van der Waals surface area contributed by atoms with Crippen LogP contribution in [0.5, 0.6) is 17.2 Å². The summed E-state index contributed by atoms with van der Waals surface area (Å²) in [7, 11) is 4.80. The van der Waals surface area contributed by atoms with Crippen LogP contribution in [0.2, 0.25) is 0 Å². The molecule has 0 heterocycles. The lowest BCUT2D eigenvalue weighted by Gasteiger charge is -2.13. The van der Waals surface area contributed by atoms with Crippen LogP contribution < -0.4 is 14.2 Å². The van der Waals surface area contributed by atoms with Crippen LogP contribution in [-0.4, -0.2) is 27.5 Å². The molecule has 0 spiro atoms. The summed E-state index contributed by atoms with van der Waals surface area (Å²) in [6.45, 7) is 4.42. The molecule has 2 aromatic carbocycles. The Morgan fingerprint density at radius 3 is 2.12 bits per heavy atom. The highest BCUT2D eigenvalue weighted by atomic mass is 16.5. The summed E-state index contributed by atoms with van der Waals surface area (Å²) >= 11 is 0. The monoisotopic (exact) mass is 327 g/mol. The van der Waals surface area contributed by atoms with E-state index in [2.05, 4.69) is 31.0 Å². The van der Waals surface area contributed by atoms with Crippen LogP contribution in [-0.2, 0) is 0 Å². The summed E-state index contributed by atoms with van der Waals surface area (Å²) in [6, 6.07) is 12.1. The van der Waals surface area contributed by atoms with Gasteiger partial charge in [0.1, 0.15) is 0 Å². The van der Waals surface area contributed by atoms with E-state index >= 15 is 0 Å². The molecule has 128 valence electrons. The van der Waals surface area contributed by atoms with Crippen LogP contribution in [0.4, 0.5) is 5.69 Å². The van der Waals surface area contributed by atoms with Crippen molar-refractivity contribution in [3.05, 3.63) is 47.5 Å². The van der Waals surface area contributed by atoms with Gasteiger partial charge in [-0.05, 0) is 42.2 Å². The Bertz CT molecular complexity index is 693. The Hall–Kier alpha value is -2.49. The van der Waals surface area contributed by atoms with Gasteiger partial charge in [0, 0.05) is 11.8 Å². The maximum Gasteiger partial charge on any atom is 0.203 e. The van der Waals surface area contributed by atoms with Gasteiger partial charge in [0.15, 0.2) is 11.5 Å². The van der Waals surface area contributed by atoms with Crippen LogP contribution >= 0.6 is 0 Å². The average molecular weight is 327 g/mol. The number of methoxy groups -OCH3 is 3. The van der Waals surface area contributed by atoms with E-state index in [-0.39, 0.29) is 0 Å². The minimum atomic E-state index is 0.564. The number of nitrogens with zero attached hydrogens (tertiary/aromatic N) is 1. The number of rotatable bonds is 7. The van der Waals surface area contributed by atoms with Gasteiger partial charge < -0.3 is 14.2 Å². The van der Waals surface area contributed by atoms with E-state index in [4.69, 9.17) is 14.2 Å². The minimum absolute atomic E-state index is 0.564. The maximum atomic E-state index is 5.47. The Morgan fingerprint density at radius 1 is 0.917 bits per heavy atom. The fourth-order valence-corrected chi connectivity index (χ4v) is 2.49. The lowest BCUT2D eigenvalue weighted by molar-refractivity contribution is 0.324. The van der Waals surface area contributed by atoms with Gasteiger partial charge in [-0.15, -0.1) is 0 Å². The van der Waals surface area contributed by atoms with Crippen molar-refractivity contribution >= 4 is 11.9 Å². The number of ether oxygens (including phenoxy) is 3. The summed E-state index contributed by atoms with van der Waals surface area (Å²) in [5.74, 6) is 2.37. The maximum absolute atomic E-state index is 5.47. The number of hydrogen-bond donors (Lipinski definition) is 0. The number of hydrogen-bond acceptors (Lipinski definition) is 4. The lowest BCUT2D eigenvalue weighted by Crippen LogP contribution is -1.98. The summed E-state index contributed by atoms with van der Waals surface area (Å²) in [5.41, 5.74) is 3.07. The first-order chi connectivity index (χ1) is 11.6. The highest BCUT2D eigenvalue weighted by Crippen LogP contribution is 2.39. The predicted molar refractivity (Wildman–Crippen MR) is 98.5 cm³/mol. The topological polar surface area (TPSA) is 40.0 Å². The zero-order valence-electron chi connectivity index (χ0n) is 15.0. The average Bonchev–Trinajstić information content (AvgIpc) is 2.64. The van der Waals surface area contributed by atoms with Gasteiger partial charge in [-0.2, -0.15) is 0 Å². The molecule has 4 heteroatoms. The summed E-state index contributed by atoms with van der Waals surface area (Å²) in [5, 5.41) is 0. The zero-order chi connectivity index (χ0) is 17.5. The fraction of sp³-hybridized carbons (Fsp3) is 0.350. The molecule has 0 amide bonds. The second-order valence-electron chi connectivity index (χ2n) is 5.58. The Balaban J connectivity index is 2.28. The molecule has 0 aliphatic heterocycles. The Kier molecular flexibility index (Phi) is 6.24. The van der Waals surface area contributed by atoms with Crippen molar-refractivity contribution in [3.63, 3.8) is 0 Å². The molecule has 0 radical (unpaired) electrons. The normalized spacial score (nSPS) is 12.2. The second-order valence-corrected chi connectivity index (χ2v) is 5.58. The minimum Gasteiger partial charge on any atom is -0.493 e. The first-order valence-corrected chi connectivity index (χ1v) is 8.07. The largest absolute Gasteiger partial charge is 0.493 e. The smallest absolute Gasteiger partial charge is 0.203 e. The van der Waals surface area contributed by atoms with Gasteiger partial charge in [-0.1, -0.05) is 26.0 Å². The van der Waals surface area contributed by atoms with Crippen molar-refractivity contribution < 1.29 is 14.2 Å². The molecule has 2 rings (SSSR count). The highest BCUT2D eigenvalue weighted by molar-refractivity contribution is 5.87. The van der Waals surface area contributed by atoms with E-state index in [0.29, 0.717) is 23.2 Å². The van der Waals surface area contributed by atoms with Crippen LogP contribution in [0.1, 0.15) is 37.3 Å². The van der Waals surface area contributed by atoms with Gasteiger partial charge in [0.2, 0.25) is 5.75 Å². The summed E-state index contributed by atoms with van der Waals surface area (Å²) < 4.78 is 16.2. The van der Waals surface area contributed by atoms with E-state index in [1.54, 1.807) is 27.5 Å². The summed E-state index contributed by atoms with van der Waals surface area (Å²) in [4.78, 5) is 4.54. The van der Waals surface area contributed by atoms with Crippen LogP contribution in [0.25, 0.3) is 0 Å². The van der Waals surface area contributed by atoms with Crippen molar-refractivity contribution in [3.8, 4) is 17.2 Å².